The molecule has 0 aliphatic heterocycles. The van der Waals surface area contributed by atoms with Crippen LogP contribution >= 0.6 is 11.6 Å². The van der Waals surface area contributed by atoms with Crippen LogP contribution in [0.25, 0.3) is 0 Å². The fourth-order valence-electron chi connectivity index (χ4n) is 1.12. The van der Waals surface area contributed by atoms with Gasteiger partial charge in [-0.1, -0.05) is 18.2 Å². The van der Waals surface area contributed by atoms with Crippen molar-refractivity contribution in [2.45, 2.75) is 6.92 Å². The number of amides is 1. The molecule has 1 amide bonds. The lowest BCUT2D eigenvalue weighted by Gasteiger charge is -2.07. The fraction of sp³-hybridized carbons (Fsp3) is 0.100. The Bertz CT molecular complexity index is 471. The molecule has 6 heteroatoms. The smallest absolute Gasteiger partial charge is 0.288 e. The molecule has 0 atom stereocenters. The first-order valence-corrected chi connectivity index (χ1v) is 4.71. The van der Waals surface area contributed by atoms with Gasteiger partial charge in [0.05, 0.1) is 4.92 Å². The summed E-state index contributed by atoms with van der Waals surface area (Å²) < 4.78 is 0. The van der Waals surface area contributed by atoms with Crippen molar-refractivity contribution in [3.63, 3.8) is 0 Å². The van der Waals surface area contributed by atoms with Gasteiger partial charge in [-0.25, -0.2) is 0 Å². The van der Waals surface area contributed by atoms with Crippen molar-refractivity contribution < 1.29 is 9.72 Å². The van der Waals surface area contributed by atoms with E-state index in [0.29, 0.717) is 11.3 Å². The van der Waals surface area contributed by atoms with E-state index in [2.05, 4.69) is 11.9 Å². The summed E-state index contributed by atoms with van der Waals surface area (Å²) >= 11 is 5.70. The molecule has 0 heterocycles. The molecule has 0 spiro atoms. The van der Waals surface area contributed by atoms with Gasteiger partial charge in [0, 0.05) is 11.8 Å². The van der Waals surface area contributed by atoms with Gasteiger partial charge >= 0.3 is 0 Å². The minimum atomic E-state index is -0.575. The van der Waals surface area contributed by atoms with Gasteiger partial charge in [0.2, 0.25) is 5.91 Å². The molecule has 0 saturated carbocycles. The topological polar surface area (TPSA) is 72.2 Å². The number of benzene rings is 1. The number of anilines is 1. The van der Waals surface area contributed by atoms with Crippen LogP contribution in [0.4, 0.5) is 11.4 Å². The van der Waals surface area contributed by atoms with E-state index in [1.807, 2.05) is 0 Å². The Hall–Kier alpha value is -1.88. The Morgan fingerprint density at radius 1 is 1.62 bits per heavy atom. The number of aryl methyl sites for hydroxylation is 1. The van der Waals surface area contributed by atoms with Gasteiger partial charge < -0.3 is 5.32 Å². The fourth-order valence-corrected chi connectivity index (χ4v) is 1.36. The van der Waals surface area contributed by atoms with Gasteiger partial charge in [-0.2, -0.15) is 0 Å². The maximum Gasteiger partial charge on any atom is 0.288 e. The molecule has 0 radical (unpaired) electrons. The molecule has 0 aliphatic rings. The molecule has 5 nitrogen and oxygen atoms in total. The Labute approximate surface area is 96.9 Å². The third-order valence-corrected chi connectivity index (χ3v) is 2.24. The lowest BCUT2D eigenvalue weighted by Crippen LogP contribution is -2.08. The third kappa shape index (κ3) is 2.58. The van der Waals surface area contributed by atoms with E-state index >= 15 is 0 Å². The molecule has 0 saturated heterocycles. The molecule has 1 rings (SSSR count). The van der Waals surface area contributed by atoms with E-state index < -0.39 is 10.8 Å². The lowest BCUT2D eigenvalue weighted by atomic mass is 10.1. The first-order chi connectivity index (χ1) is 7.45. The first kappa shape index (κ1) is 12.2. The number of nitro groups is 1. The van der Waals surface area contributed by atoms with Gasteiger partial charge in [0.15, 0.2) is 0 Å². The number of rotatable bonds is 3. The van der Waals surface area contributed by atoms with E-state index in [0.717, 1.165) is 6.08 Å². The number of hydrogen-bond acceptors (Lipinski definition) is 3. The summed E-state index contributed by atoms with van der Waals surface area (Å²) in [7, 11) is 0. The Morgan fingerprint density at radius 2 is 2.25 bits per heavy atom. The first-order valence-electron chi connectivity index (χ1n) is 4.33. The highest BCUT2D eigenvalue weighted by molar-refractivity contribution is 6.33. The highest BCUT2D eigenvalue weighted by Crippen LogP contribution is 2.30. The van der Waals surface area contributed by atoms with Crippen molar-refractivity contribution in [2.75, 3.05) is 5.32 Å². The van der Waals surface area contributed by atoms with Crippen LogP contribution in [0.1, 0.15) is 5.56 Å². The molecular weight excluding hydrogens is 232 g/mol. The standard InChI is InChI=1S/C10H9ClN2O3/c1-3-10(14)12-8-5-7(11)9(13(15)16)4-6(8)2/h3-5H,1H2,2H3,(H,12,14). The molecule has 0 aromatic heterocycles. The number of halogens is 1. The van der Waals surface area contributed by atoms with E-state index in [-0.39, 0.29) is 10.7 Å². The summed E-state index contributed by atoms with van der Waals surface area (Å²) in [5.41, 5.74) is 0.808. The molecule has 1 N–H and O–H groups in total. The molecular formula is C10H9ClN2O3. The van der Waals surface area contributed by atoms with E-state index in [1.54, 1.807) is 6.92 Å². The highest BCUT2D eigenvalue weighted by Gasteiger charge is 2.15. The summed E-state index contributed by atoms with van der Waals surface area (Å²) in [5.74, 6) is -0.395. The average Bonchev–Trinajstić information content (AvgIpc) is 2.22. The van der Waals surface area contributed by atoms with Crippen molar-refractivity contribution in [2.24, 2.45) is 0 Å². The van der Waals surface area contributed by atoms with Crippen LogP contribution < -0.4 is 5.32 Å². The Morgan fingerprint density at radius 3 is 2.75 bits per heavy atom. The van der Waals surface area contributed by atoms with E-state index in [4.69, 9.17) is 11.6 Å². The minimum absolute atomic E-state index is 0.0186. The van der Waals surface area contributed by atoms with Crippen molar-refractivity contribution in [3.8, 4) is 0 Å². The maximum atomic E-state index is 11.1. The van der Waals surface area contributed by atoms with Crippen LogP contribution in [0.3, 0.4) is 0 Å². The summed E-state index contributed by atoms with van der Waals surface area (Å²) in [6.45, 7) is 4.94. The van der Waals surface area contributed by atoms with Crippen molar-refractivity contribution in [1.82, 2.24) is 0 Å². The largest absolute Gasteiger partial charge is 0.322 e. The van der Waals surface area contributed by atoms with Crippen molar-refractivity contribution in [3.05, 3.63) is 45.5 Å². The SMILES string of the molecule is C=CC(=O)Nc1cc(Cl)c([N+](=O)[O-])cc1C. The zero-order valence-corrected chi connectivity index (χ0v) is 9.25. The Kier molecular flexibility index (Phi) is 3.63. The van der Waals surface area contributed by atoms with Crippen LogP contribution in [0.15, 0.2) is 24.8 Å². The average molecular weight is 241 g/mol. The quantitative estimate of drug-likeness (QED) is 0.502. The molecule has 1 aromatic carbocycles. The second-order valence-electron chi connectivity index (χ2n) is 3.07. The molecule has 1 aromatic rings. The van der Waals surface area contributed by atoms with Crippen LogP contribution in [-0.2, 0) is 4.79 Å². The number of carbonyl (C=O) groups is 1. The van der Waals surface area contributed by atoms with Crippen LogP contribution in [-0.4, -0.2) is 10.8 Å². The number of nitrogens with one attached hydrogen (secondary N) is 1. The number of hydrogen-bond donors (Lipinski definition) is 1. The number of carbonyl (C=O) groups excluding carboxylic acids is 1. The van der Waals surface area contributed by atoms with Crippen LogP contribution in [0.2, 0.25) is 5.02 Å². The van der Waals surface area contributed by atoms with E-state index in [1.165, 1.54) is 12.1 Å². The van der Waals surface area contributed by atoms with Crippen LogP contribution in [0.5, 0.6) is 0 Å². The van der Waals surface area contributed by atoms with Crippen LogP contribution in [0, 0.1) is 17.0 Å². The summed E-state index contributed by atoms with van der Waals surface area (Å²) in [5, 5.41) is 13.1. The van der Waals surface area contributed by atoms with Crippen molar-refractivity contribution >= 4 is 28.9 Å². The molecule has 16 heavy (non-hydrogen) atoms. The zero-order valence-electron chi connectivity index (χ0n) is 8.49. The highest BCUT2D eigenvalue weighted by atomic mass is 35.5. The van der Waals surface area contributed by atoms with Gasteiger partial charge in [-0.05, 0) is 24.6 Å². The molecule has 0 unspecified atom stereocenters. The maximum absolute atomic E-state index is 11.1. The molecule has 0 fully saturated rings. The second-order valence-corrected chi connectivity index (χ2v) is 3.48. The predicted molar refractivity (Wildman–Crippen MR) is 61.7 cm³/mol. The molecule has 84 valence electrons. The Balaban J connectivity index is 3.15. The summed E-state index contributed by atoms with van der Waals surface area (Å²) in [4.78, 5) is 21.1. The third-order valence-electron chi connectivity index (χ3n) is 1.93. The lowest BCUT2D eigenvalue weighted by molar-refractivity contribution is -0.384. The number of nitrogens with zero attached hydrogens (tertiary/aromatic N) is 1. The van der Waals surface area contributed by atoms with Gasteiger partial charge in [-0.15, -0.1) is 0 Å². The van der Waals surface area contributed by atoms with E-state index in [9.17, 15) is 14.9 Å². The van der Waals surface area contributed by atoms with Gasteiger partial charge in [0.1, 0.15) is 5.02 Å². The molecule has 0 bridgehead atoms. The van der Waals surface area contributed by atoms with Crippen molar-refractivity contribution in [1.29, 1.82) is 0 Å². The molecule has 0 aliphatic carbocycles. The monoisotopic (exact) mass is 240 g/mol. The summed E-state index contributed by atoms with van der Waals surface area (Å²) in [6.07, 6.45) is 1.11. The second kappa shape index (κ2) is 4.76. The number of nitro benzene ring substituents is 1. The zero-order chi connectivity index (χ0) is 12.3. The summed E-state index contributed by atoms with van der Waals surface area (Å²) in [6, 6.07) is 2.65. The van der Waals surface area contributed by atoms with Gasteiger partial charge in [0.25, 0.3) is 5.69 Å². The van der Waals surface area contributed by atoms with Gasteiger partial charge in [-0.3, -0.25) is 14.9 Å². The normalized spacial score (nSPS) is 9.62. The minimum Gasteiger partial charge on any atom is -0.322 e. The predicted octanol–water partition coefficient (Wildman–Crippen LogP) is 2.68.